The van der Waals surface area contributed by atoms with E-state index in [1.165, 1.54) is 12.1 Å². The molecule has 2 aliphatic rings. The van der Waals surface area contributed by atoms with Crippen LogP contribution in [0.4, 0.5) is 4.39 Å². The summed E-state index contributed by atoms with van der Waals surface area (Å²) in [5.41, 5.74) is 1.15. The minimum Gasteiger partial charge on any atom is -0.341 e. The molecule has 2 atom stereocenters. The van der Waals surface area contributed by atoms with E-state index in [0.717, 1.165) is 43.1 Å². The second-order valence-corrected chi connectivity index (χ2v) is 6.57. The van der Waals surface area contributed by atoms with E-state index in [2.05, 4.69) is 5.32 Å². The lowest BCUT2D eigenvalue weighted by molar-refractivity contribution is -0.131. The molecule has 1 aromatic carbocycles. The Morgan fingerprint density at radius 2 is 2.14 bits per heavy atom. The van der Waals surface area contributed by atoms with Crippen LogP contribution in [0.3, 0.4) is 0 Å². The predicted octanol–water partition coefficient (Wildman–Crippen LogP) is 2.30. The molecule has 0 bridgehead atoms. The molecule has 0 spiro atoms. The zero-order valence-electron chi connectivity index (χ0n) is 11.8. The number of amides is 1. The van der Waals surface area contributed by atoms with Gasteiger partial charge in [-0.15, -0.1) is 24.2 Å². The van der Waals surface area contributed by atoms with Crippen molar-refractivity contribution >= 4 is 30.1 Å². The first kappa shape index (κ1) is 16.6. The van der Waals surface area contributed by atoms with Crippen LogP contribution in [0, 0.1) is 11.7 Å². The summed E-state index contributed by atoms with van der Waals surface area (Å²) in [5, 5.41) is 3.23. The highest BCUT2D eigenvalue weighted by molar-refractivity contribution is 7.99. The van der Waals surface area contributed by atoms with Gasteiger partial charge >= 0.3 is 0 Å². The van der Waals surface area contributed by atoms with Crippen LogP contribution in [-0.4, -0.2) is 41.6 Å². The van der Waals surface area contributed by atoms with Gasteiger partial charge in [-0.05, 0) is 36.5 Å². The van der Waals surface area contributed by atoms with Gasteiger partial charge in [0.25, 0.3) is 0 Å². The molecule has 0 saturated carbocycles. The molecule has 2 heterocycles. The van der Waals surface area contributed by atoms with Gasteiger partial charge in [-0.1, -0.05) is 12.1 Å². The molecule has 1 N–H and O–H groups in total. The van der Waals surface area contributed by atoms with E-state index in [4.69, 9.17) is 0 Å². The Morgan fingerprint density at radius 1 is 1.38 bits per heavy atom. The highest BCUT2D eigenvalue weighted by Gasteiger charge is 2.32. The van der Waals surface area contributed by atoms with Crippen molar-refractivity contribution in [1.82, 2.24) is 10.2 Å². The number of benzene rings is 1. The van der Waals surface area contributed by atoms with E-state index < -0.39 is 0 Å². The van der Waals surface area contributed by atoms with Gasteiger partial charge in [-0.25, -0.2) is 4.39 Å². The van der Waals surface area contributed by atoms with E-state index in [1.807, 2.05) is 17.0 Å². The van der Waals surface area contributed by atoms with Gasteiger partial charge in [-0.3, -0.25) is 10.1 Å². The molecule has 1 amide bonds. The molecule has 0 radical (unpaired) electrons. The summed E-state index contributed by atoms with van der Waals surface area (Å²) in [7, 11) is 0. The first-order valence-electron chi connectivity index (χ1n) is 7.07. The molecule has 1 aromatic rings. The molecule has 21 heavy (non-hydrogen) atoms. The van der Waals surface area contributed by atoms with E-state index in [1.54, 1.807) is 11.8 Å². The van der Waals surface area contributed by atoms with Crippen LogP contribution < -0.4 is 5.32 Å². The van der Waals surface area contributed by atoms with Gasteiger partial charge in [0.15, 0.2) is 0 Å². The Kier molecular flexibility index (Phi) is 5.90. The molecule has 0 aliphatic carbocycles. The third-order valence-corrected chi connectivity index (χ3v) is 4.99. The van der Waals surface area contributed by atoms with E-state index in [9.17, 15) is 9.18 Å². The van der Waals surface area contributed by atoms with Crippen LogP contribution in [-0.2, 0) is 11.2 Å². The van der Waals surface area contributed by atoms with Gasteiger partial charge in [-0.2, -0.15) is 0 Å². The molecule has 3 nitrogen and oxygen atoms in total. The molecule has 0 aromatic heterocycles. The quantitative estimate of drug-likeness (QED) is 0.923. The lowest BCUT2D eigenvalue weighted by Crippen LogP contribution is -2.43. The van der Waals surface area contributed by atoms with E-state index >= 15 is 0 Å². The molecular formula is C15H20ClFN2OS. The minimum absolute atomic E-state index is 0. The summed E-state index contributed by atoms with van der Waals surface area (Å²) in [4.78, 5) is 14.3. The molecule has 6 heteroatoms. The lowest BCUT2D eigenvalue weighted by atomic mass is 9.99. The Morgan fingerprint density at radius 3 is 2.81 bits per heavy atom. The number of hydrogen-bond donors (Lipinski definition) is 1. The Balaban J connectivity index is 0.00000161. The van der Waals surface area contributed by atoms with Crippen molar-refractivity contribution in [2.24, 2.45) is 5.92 Å². The first-order chi connectivity index (χ1) is 9.72. The van der Waals surface area contributed by atoms with Crippen LogP contribution >= 0.6 is 24.2 Å². The van der Waals surface area contributed by atoms with Crippen LogP contribution in [0.1, 0.15) is 12.0 Å². The number of carbonyl (C=O) groups excluding carboxylic acids is 1. The monoisotopic (exact) mass is 330 g/mol. The maximum absolute atomic E-state index is 12.9. The number of hydrogen-bond acceptors (Lipinski definition) is 3. The van der Waals surface area contributed by atoms with Crippen molar-refractivity contribution in [2.45, 2.75) is 18.9 Å². The largest absolute Gasteiger partial charge is 0.341 e. The lowest BCUT2D eigenvalue weighted by Gasteiger charge is -2.20. The molecule has 2 saturated heterocycles. The van der Waals surface area contributed by atoms with Gasteiger partial charge in [0.2, 0.25) is 5.91 Å². The fourth-order valence-electron chi connectivity index (χ4n) is 2.93. The van der Waals surface area contributed by atoms with Crippen molar-refractivity contribution in [2.75, 3.05) is 24.7 Å². The highest BCUT2D eigenvalue weighted by Crippen LogP contribution is 2.23. The topological polar surface area (TPSA) is 32.3 Å². The van der Waals surface area contributed by atoms with Crippen LogP contribution in [0.15, 0.2) is 24.3 Å². The fourth-order valence-corrected chi connectivity index (χ4v) is 3.86. The zero-order valence-corrected chi connectivity index (χ0v) is 13.4. The number of nitrogens with one attached hydrogen (secondary N) is 1. The maximum Gasteiger partial charge on any atom is 0.240 e. The fraction of sp³-hybridized carbons (Fsp3) is 0.533. The van der Waals surface area contributed by atoms with Crippen molar-refractivity contribution < 1.29 is 9.18 Å². The van der Waals surface area contributed by atoms with Gasteiger partial charge < -0.3 is 4.90 Å². The number of nitrogens with zero attached hydrogens (tertiary/aromatic N) is 1. The second-order valence-electron chi connectivity index (χ2n) is 5.54. The third kappa shape index (κ3) is 4.11. The van der Waals surface area contributed by atoms with Gasteiger partial charge in [0.05, 0.1) is 6.04 Å². The number of carbonyl (C=O) groups is 1. The van der Waals surface area contributed by atoms with Gasteiger partial charge in [0, 0.05) is 24.7 Å². The summed E-state index contributed by atoms with van der Waals surface area (Å²) < 4.78 is 12.9. The molecule has 3 rings (SSSR count). The molecule has 116 valence electrons. The zero-order chi connectivity index (χ0) is 13.9. The Bertz CT molecular complexity index is 479. The smallest absolute Gasteiger partial charge is 0.240 e. The van der Waals surface area contributed by atoms with Crippen molar-refractivity contribution in [3.63, 3.8) is 0 Å². The molecule has 2 unspecified atom stereocenters. The van der Waals surface area contributed by atoms with Crippen LogP contribution in [0.5, 0.6) is 0 Å². The molecule has 2 aliphatic heterocycles. The number of rotatable bonds is 3. The predicted molar refractivity (Wildman–Crippen MR) is 86.3 cm³/mol. The highest BCUT2D eigenvalue weighted by atomic mass is 35.5. The third-order valence-electron chi connectivity index (χ3n) is 4.05. The summed E-state index contributed by atoms with van der Waals surface area (Å²) in [5.74, 6) is 2.32. The molecular weight excluding hydrogens is 311 g/mol. The van der Waals surface area contributed by atoms with Crippen molar-refractivity contribution in [3.8, 4) is 0 Å². The SMILES string of the molecule is Cl.O=C(C1CSCN1)N1CCC(Cc2ccc(F)cc2)C1. The maximum atomic E-state index is 12.9. The van der Waals surface area contributed by atoms with Gasteiger partial charge in [0.1, 0.15) is 5.82 Å². The standard InChI is InChI=1S/C15H19FN2OS.ClH/c16-13-3-1-11(2-4-13)7-12-5-6-18(8-12)15(19)14-9-20-10-17-14;/h1-4,12,14,17H,5-10H2;1H. The first-order valence-corrected chi connectivity index (χ1v) is 8.22. The van der Waals surface area contributed by atoms with Crippen LogP contribution in [0.25, 0.3) is 0 Å². The molecule has 2 fully saturated rings. The summed E-state index contributed by atoms with van der Waals surface area (Å²) >= 11 is 1.78. The minimum atomic E-state index is -0.193. The summed E-state index contributed by atoms with van der Waals surface area (Å²) in [6, 6.07) is 6.70. The normalized spacial score (nSPS) is 24.9. The summed E-state index contributed by atoms with van der Waals surface area (Å²) in [6.07, 6.45) is 1.97. The van der Waals surface area contributed by atoms with E-state index in [0.29, 0.717) is 5.92 Å². The van der Waals surface area contributed by atoms with Crippen LogP contribution in [0.2, 0.25) is 0 Å². The van der Waals surface area contributed by atoms with Crippen molar-refractivity contribution in [1.29, 1.82) is 0 Å². The average molecular weight is 331 g/mol. The summed E-state index contributed by atoms with van der Waals surface area (Å²) in [6.45, 7) is 1.69. The Labute approximate surface area is 135 Å². The average Bonchev–Trinajstić information content (AvgIpc) is 3.12. The number of halogens is 2. The number of thioether (sulfide) groups is 1. The van der Waals surface area contributed by atoms with Crippen molar-refractivity contribution in [3.05, 3.63) is 35.6 Å². The second kappa shape index (κ2) is 7.47. The Hall–Kier alpha value is -0.780. The number of likely N-dealkylation sites (tertiary alicyclic amines) is 1. The van der Waals surface area contributed by atoms with E-state index in [-0.39, 0.29) is 30.2 Å².